The molecule has 1 aliphatic heterocycles. The van der Waals surface area contributed by atoms with E-state index in [-0.39, 0.29) is 6.42 Å². The van der Waals surface area contributed by atoms with E-state index in [9.17, 15) is 19.9 Å². The van der Waals surface area contributed by atoms with Crippen LogP contribution in [0.25, 0.3) is 0 Å². The molecule has 1 fully saturated rings. The zero-order valence-electron chi connectivity index (χ0n) is 14.4. The minimum absolute atomic E-state index is 0.209. The van der Waals surface area contributed by atoms with Gasteiger partial charge in [-0.3, -0.25) is 4.57 Å². The maximum Gasteiger partial charge on any atom is 0.325 e. The molecular formula is C15H23N2O8PS. The van der Waals surface area contributed by atoms with Crippen molar-refractivity contribution in [3.05, 3.63) is 24.3 Å². The van der Waals surface area contributed by atoms with E-state index in [2.05, 4.69) is 10.6 Å². The van der Waals surface area contributed by atoms with Crippen LogP contribution in [0.3, 0.4) is 0 Å². The van der Waals surface area contributed by atoms with Gasteiger partial charge < -0.3 is 45.2 Å². The molecule has 5 atom stereocenters. The Morgan fingerprint density at radius 1 is 1.19 bits per heavy atom. The molecule has 0 radical (unpaired) electrons. The van der Waals surface area contributed by atoms with Crippen molar-refractivity contribution in [1.82, 2.24) is 5.32 Å². The van der Waals surface area contributed by atoms with Crippen LogP contribution in [0.2, 0.25) is 0 Å². The number of benzene rings is 1. The quantitative estimate of drug-likeness (QED) is 0.231. The van der Waals surface area contributed by atoms with Crippen molar-refractivity contribution >= 4 is 30.6 Å². The number of hydrogen-bond acceptors (Lipinski definition) is 7. The molecule has 0 bridgehead atoms. The van der Waals surface area contributed by atoms with Crippen molar-refractivity contribution in [3.8, 4) is 5.75 Å². The second kappa shape index (κ2) is 9.26. The summed E-state index contributed by atoms with van der Waals surface area (Å²) in [5.74, 6) is 0.317. The van der Waals surface area contributed by atoms with Gasteiger partial charge in [0, 0.05) is 12.7 Å². The van der Waals surface area contributed by atoms with Gasteiger partial charge in [-0.2, -0.15) is 0 Å². The summed E-state index contributed by atoms with van der Waals surface area (Å²) in [5, 5.41) is 36.1. The number of aliphatic hydroxyl groups is 3. The lowest BCUT2D eigenvalue weighted by atomic mass is 9.97. The van der Waals surface area contributed by atoms with Gasteiger partial charge in [0.05, 0.1) is 12.3 Å². The van der Waals surface area contributed by atoms with Crippen molar-refractivity contribution < 1.29 is 39.1 Å². The molecule has 0 saturated carbocycles. The first kappa shape index (κ1) is 22.0. The van der Waals surface area contributed by atoms with Gasteiger partial charge in [-0.25, -0.2) is 0 Å². The van der Waals surface area contributed by atoms with Crippen LogP contribution in [0.1, 0.15) is 6.42 Å². The molecule has 27 heavy (non-hydrogen) atoms. The van der Waals surface area contributed by atoms with Gasteiger partial charge >= 0.3 is 7.60 Å². The minimum Gasteiger partial charge on any atom is -0.462 e. The Bertz CT molecular complexity index is 685. The minimum atomic E-state index is -4.30. The predicted molar refractivity (Wildman–Crippen MR) is 101 cm³/mol. The maximum atomic E-state index is 11.0. The monoisotopic (exact) mass is 422 g/mol. The lowest BCUT2D eigenvalue weighted by Crippen LogP contribution is -2.59. The molecule has 1 aromatic rings. The number of thiocarbonyl (C=S) groups is 1. The van der Waals surface area contributed by atoms with Crippen molar-refractivity contribution in [3.63, 3.8) is 0 Å². The molecule has 2 rings (SSSR count). The zero-order chi connectivity index (χ0) is 20.2. The summed E-state index contributed by atoms with van der Waals surface area (Å²) in [4.78, 5) is 17.9. The van der Waals surface area contributed by atoms with Crippen molar-refractivity contribution in [2.75, 3.05) is 18.5 Å². The molecule has 7 N–H and O–H groups in total. The largest absolute Gasteiger partial charge is 0.462 e. The van der Waals surface area contributed by atoms with E-state index in [0.717, 1.165) is 0 Å². The lowest BCUT2D eigenvalue weighted by Gasteiger charge is -2.40. The van der Waals surface area contributed by atoms with Gasteiger partial charge in [-0.15, -0.1) is 0 Å². The average Bonchev–Trinajstić information content (AvgIpc) is 2.61. The molecule has 1 aromatic carbocycles. The van der Waals surface area contributed by atoms with Crippen molar-refractivity contribution in [2.45, 2.75) is 37.1 Å². The Morgan fingerprint density at radius 2 is 1.81 bits per heavy atom. The molecule has 1 aliphatic rings. The summed E-state index contributed by atoms with van der Waals surface area (Å²) in [5.41, 5.74) is 0.696. The van der Waals surface area contributed by atoms with Crippen LogP contribution < -0.4 is 15.4 Å². The summed E-state index contributed by atoms with van der Waals surface area (Å²) in [6, 6.07) is 6.51. The molecule has 1 heterocycles. The van der Waals surface area contributed by atoms with Gasteiger partial charge in [-0.05, 0) is 42.9 Å². The molecule has 12 heteroatoms. The standard InChI is InChI=1S/C15H23N2O8PS/c1-16-15(27)17-8-2-4-9(5-3-8)24-14-13(20)12(19)11(18)10(25-14)6-7-26(21,22)23/h2-5,10-14,18-20H,6-7H2,1H3,(H2,16,17,27)(H2,21,22,23)/t10-,11-,12+,13+,14+/m1/s1. The molecule has 0 amide bonds. The number of anilines is 1. The summed E-state index contributed by atoms with van der Waals surface area (Å²) in [7, 11) is -2.62. The highest BCUT2D eigenvalue weighted by molar-refractivity contribution is 7.80. The second-order valence-electron chi connectivity index (χ2n) is 6.04. The van der Waals surface area contributed by atoms with Gasteiger partial charge in [-0.1, -0.05) is 0 Å². The summed E-state index contributed by atoms with van der Waals surface area (Å²) in [6.07, 6.45) is -7.78. The molecular weight excluding hydrogens is 399 g/mol. The number of aliphatic hydroxyl groups excluding tert-OH is 3. The predicted octanol–water partition coefficient (Wildman–Crippen LogP) is -0.643. The summed E-state index contributed by atoms with van der Waals surface area (Å²) >= 11 is 4.99. The van der Waals surface area contributed by atoms with E-state index in [1.807, 2.05) is 0 Å². The van der Waals surface area contributed by atoms with E-state index < -0.39 is 44.5 Å². The molecule has 0 aromatic heterocycles. The van der Waals surface area contributed by atoms with Crippen molar-refractivity contribution in [2.24, 2.45) is 0 Å². The average molecular weight is 422 g/mol. The second-order valence-corrected chi connectivity index (χ2v) is 8.22. The van der Waals surface area contributed by atoms with Crippen LogP contribution in [0, 0.1) is 0 Å². The number of nitrogens with one attached hydrogen (secondary N) is 2. The van der Waals surface area contributed by atoms with Gasteiger partial charge in [0.1, 0.15) is 24.1 Å². The third-order valence-electron chi connectivity index (χ3n) is 3.96. The third kappa shape index (κ3) is 6.37. The van der Waals surface area contributed by atoms with E-state index in [1.165, 1.54) is 0 Å². The fourth-order valence-corrected chi connectivity index (χ4v) is 3.20. The normalized spacial score (nSPS) is 28.4. The fraction of sp³-hybridized carbons (Fsp3) is 0.533. The Hall–Kier alpha value is -1.30. The molecule has 0 aliphatic carbocycles. The maximum absolute atomic E-state index is 11.0. The van der Waals surface area contributed by atoms with E-state index >= 15 is 0 Å². The van der Waals surface area contributed by atoms with Crippen LogP contribution in [0.4, 0.5) is 5.69 Å². The van der Waals surface area contributed by atoms with Crippen LogP contribution in [-0.2, 0) is 9.30 Å². The Kier molecular flexibility index (Phi) is 7.55. The highest BCUT2D eigenvalue weighted by Crippen LogP contribution is 2.37. The third-order valence-corrected chi connectivity index (χ3v) is 5.11. The Balaban J connectivity index is 2.03. The van der Waals surface area contributed by atoms with Crippen LogP contribution in [-0.4, -0.2) is 74.1 Å². The Labute approximate surface area is 161 Å². The lowest BCUT2D eigenvalue weighted by molar-refractivity contribution is -0.272. The van der Waals surface area contributed by atoms with Crippen molar-refractivity contribution in [1.29, 1.82) is 0 Å². The SMILES string of the molecule is CNC(=S)Nc1ccc(O[C@H]2O[C@H](CCP(=O)(O)O)[C@@H](O)[C@H](O)[C@@H]2O)cc1. The Morgan fingerprint density at radius 3 is 2.37 bits per heavy atom. The molecule has 1 saturated heterocycles. The van der Waals surface area contributed by atoms with Crippen LogP contribution in [0.15, 0.2) is 24.3 Å². The number of rotatable bonds is 6. The molecule has 152 valence electrons. The molecule has 0 unspecified atom stereocenters. The van der Waals surface area contributed by atoms with Gasteiger partial charge in [0.25, 0.3) is 0 Å². The highest BCUT2D eigenvalue weighted by Gasteiger charge is 2.45. The topological polar surface area (TPSA) is 161 Å². The number of hydrogen-bond donors (Lipinski definition) is 7. The number of ether oxygens (including phenoxy) is 2. The van der Waals surface area contributed by atoms with E-state index in [1.54, 1.807) is 31.3 Å². The van der Waals surface area contributed by atoms with Gasteiger partial charge in [0.15, 0.2) is 5.11 Å². The van der Waals surface area contributed by atoms with E-state index in [0.29, 0.717) is 16.5 Å². The van der Waals surface area contributed by atoms with Crippen LogP contribution in [0.5, 0.6) is 5.75 Å². The summed E-state index contributed by atoms with van der Waals surface area (Å²) < 4.78 is 22.0. The zero-order valence-corrected chi connectivity index (χ0v) is 16.1. The first-order valence-electron chi connectivity index (χ1n) is 8.10. The molecule has 0 spiro atoms. The van der Waals surface area contributed by atoms with E-state index in [4.69, 9.17) is 31.5 Å². The first-order chi connectivity index (χ1) is 12.6. The van der Waals surface area contributed by atoms with Gasteiger partial charge in [0.2, 0.25) is 6.29 Å². The highest BCUT2D eigenvalue weighted by atomic mass is 32.1. The molecule has 10 nitrogen and oxygen atoms in total. The summed E-state index contributed by atoms with van der Waals surface area (Å²) in [6.45, 7) is 0. The smallest absolute Gasteiger partial charge is 0.325 e. The fourth-order valence-electron chi connectivity index (χ4n) is 2.49. The van der Waals surface area contributed by atoms with Crippen LogP contribution >= 0.6 is 19.8 Å². The first-order valence-corrected chi connectivity index (χ1v) is 10.3.